The van der Waals surface area contributed by atoms with E-state index >= 15 is 0 Å². The van der Waals surface area contributed by atoms with Gasteiger partial charge >= 0.3 is 0 Å². The molecule has 2 rings (SSSR count). The van der Waals surface area contributed by atoms with Crippen molar-refractivity contribution < 1.29 is 9.53 Å². The molecule has 0 spiro atoms. The van der Waals surface area contributed by atoms with Crippen LogP contribution in [0.1, 0.15) is 15.9 Å². The van der Waals surface area contributed by atoms with Crippen LogP contribution in [0.25, 0.3) is 0 Å². The second-order valence-electron chi connectivity index (χ2n) is 4.02. The topological polar surface area (TPSA) is 26.3 Å². The molecule has 0 saturated heterocycles. The molecule has 0 N–H and O–H groups in total. The highest BCUT2D eigenvalue weighted by Gasteiger charge is 2.09. The molecule has 0 heterocycles. The van der Waals surface area contributed by atoms with E-state index in [-0.39, 0.29) is 12.4 Å². The fourth-order valence-corrected chi connectivity index (χ4v) is 2.24. The molecule has 0 aliphatic heterocycles. The lowest BCUT2D eigenvalue weighted by atomic mass is 10.1. The second-order valence-corrected chi connectivity index (χ2v) is 5.31. The van der Waals surface area contributed by atoms with Gasteiger partial charge < -0.3 is 4.74 Å². The van der Waals surface area contributed by atoms with Crippen LogP contribution in [0.3, 0.4) is 0 Å². The minimum absolute atomic E-state index is 0.0403. The highest BCUT2D eigenvalue weighted by molar-refractivity contribution is 9.10. The molecule has 4 heteroatoms. The summed E-state index contributed by atoms with van der Waals surface area (Å²) in [5.74, 6) is -0.0403. The summed E-state index contributed by atoms with van der Waals surface area (Å²) >= 11 is 9.14. The van der Waals surface area contributed by atoms with Gasteiger partial charge in [-0.25, -0.2) is 0 Å². The minimum Gasteiger partial charge on any atom is -0.369 e. The highest BCUT2D eigenvalue weighted by Crippen LogP contribution is 2.16. The maximum absolute atomic E-state index is 11.9. The molecule has 0 aromatic heterocycles. The lowest BCUT2D eigenvalue weighted by molar-refractivity contribution is 0.0726. The molecule has 98 valence electrons. The average molecular weight is 340 g/mol. The number of benzene rings is 2. The number of hydrogen-bond donors (Lipinski definition) is 0. The zero-order valence-electron chi connectivity index (χ0n) is 10.1. The SMILES string of the molecule is O=C(COCc1ccc(Cl)cc1)c1ccccc1Br. The molecule has 0 saturated carbocycles. The Kier molecular flexibility index (Phi) is 5.14. The molecular formula is C15H12BrClO2. The van der Waals surface area contributed by atoms with Crippen LogP contribution in [0.4, 0.5) is 0 Å². The van der Waals surface area contributed by atoms with Crippen molar-refractivity contribution in [3.63, 3.8) is 0 Å². The molecule has 0 unspecified atom stereocenters. The maximum atomic E-state index is 11.9. The Morgan fingerprint density at radius 3 is 2.47 bits per heavy atom. The molecule has 0 aliphatic carbocycles. The van der Waals surface area contributed by atoms with Crippen LogP contribution in [0.2, 0.25) is 5.02 Å². The third kappa shape index (κ3) is 4.16. The summed E-state index contributed by atoms with van der Waals surface area (Å²) in [6, 6.07) is 14.7. The first-order chi connectivity index (χ1) is 9.16. The summed E-state index contributed by atoms with van der Waals surface area (Å²) < 4.78 is 6.20. The van der Waals surface area contributed by atoms with E-state index in [1.54, 1.807) is 18.2 Å². The van der Waals surface area contributed by atoms with Gasteiger partial charge in [0.05, 0.1) is 6.61 Å². The van der Waals surface area contributed by atoms with Crippen molar-refractivity contribution in [2.75, 3.05) is 6.61 Å². The van der Waals surface area contributed by atoms with Crippen molar-refractivity contribution in [3.05, 3.63) is 69.2 Å². The molecule has 0 atom stereocenters. The van der Waals surface area contributed by atoms with Crippen molar-refractivity contribution in [1.82, 2.24) is 0 Å². The lowest BCUT2D eigenvalue weighted by Crippen LogP contribution is -2.09. The zero-order valence-corrected chi connectivity index (χ0v) is 12.4. The highest BCUT2D eigenvalue weighted by atomic mass is 79.9. The molecule has 2 aromatic rings. The number of hydrogen-bond acceptors (Lipinski definition) is 2. The van der Waals surface area contributed by atoms with E-state index in [0.717, 1.165) is 10.0 Å². The Morgan fingerprint density at radius 2 is 1.79 bits per heavy atom. The van der Waals surface area contributed by atoms with Crippen LogP contribution < -0.4 is 0 Å². The van der Waals surface area contributed by atoms with E-state index in [4.69, 9.17) is 16.3 Å². The van der Waals surface area contributed by atoms with Crippen LogP contribution in [0.15, 0.2) is 53.0 Å². The predicted molar refractivity (Wildman–Crippen MR) is 79.6 cm³/mol. The number of halogens is 2. The van der Waals surface area contributed by atoms with E-state index in [1.165, 1.54) is 0 Å². The van der Waals surface area contributed by atoms with Gasteiger partial charge in [-0.05, 0) is 23.8 Å². The van der Waals surface area contributed by atoms with Gasteiger partial charge in [0, 0.05) is 15.1 Å². The molecule has 19 heavy (non-hydrogen) atoms. The van der Waals surface area contributed by atoms with Gasteiger partial charge in [-0.15, -0.1) is 0 Å². The van der Waals surface area contributed by atoms with Gasteiger partial charge in [0.25, 0.3) is 0 Å². The summed E-state index contributed by atoms with van der Waals surface area (Å²) in [5.41, 5.74) is 1.63. The van der Waals surface area contributed by atoms with E-state index in [0.29, 0.717) is 17.2 Å². The smallest absolute Gasteiger partial charge is 0.189 e. The molecule has 0 aliphatic rings. The van der Waals surface area contributed by atoms with Crippen LogP contribution >= 0.6 is 27.5 Å². The van der Waals surface area contributed by atoms with Gasteiger partial charge in [-0.1, -0.05) is 57.9 Å². The Morgan fingerprint density at radius 1 is 1.11 bits per heavy atom. The van der Waals surface area contributed by atoms with E-state index < -0.39 is 0 Å². The number of carbonyl (C=O) groups is 1. The molecular weight excluding hydrogens is 328 g/mol. The van der Waals surface area contributed by atoms with Crippen molar-refractivity contribution >= 4 is 33.3 Å². The zero-order chi connectivity index (χ0) is 13.7. The Balaban J connectivity index is 1.88. The van der Waals surface area contributed by atoms with Crippen LogP contribution in [0, 0.1) is 0 Å². The fourth-order valence-electron chi connectivity index (χ4n) is 1.61. The summed E-state index contributed by atoms with van der Waals surface area (Å²) in [6.45, 7) is 0.457. The fraction of sp³-hybridized carbons (Fsp3) is 0.133. The summed E-state index contributed by atoms with van der Waals surface area (Å²) in [5, 5.41) is 0.688. The third-order valence-corrected chi connectivity index (χ3v) is 3.53. The van der Waals surface area contributed by atoms with Crippen LogP contribution in [-0.4, -0.2) is 12.4 Å². The molecule has 0 radical (unpaired) electrons. The normalized spacial score (nSPS) is 10.4. The number of ether oxygens (including phenoxy) is 1. The van der Waals surface area contributed by atoms with Gasteiger partial charge in [0.1, 0.15) is 6.61 Å². The first-order valence-corrected chi connectivity index (χ1v) is 6.94. The first-order valence-electron chi connectivity index (χ1n) is 5.77. The Bertz CT molecular complexity index is 567. The molecule has 2 nitrogen and oxygen atoms in total. The number of rotatable bonds is 5. The van der Waals surface area contributed by atoms with E-state index in [1.807, 2.05) is 30.3 Å². The molecule has 0 amide bonds. The summed E-state index contributed by atoms with van der Waals surface area (Å²) in [7, 11) is 0. The van der Waals surface area contributed by atoms with Gasteiger partial charge in [0.15, 0.2) is 5.78 Å². The maximum Gasteiger partial charge on any atom is 0.189 e. The number of ketones is 1. The summed E-state index contributed by atoms with van der Waals surface area (Å²) in [6.07, 6.45) is 0. The molecule has 0 bridgehead atoms. The lowest BCUT2D eigenvalue weighted by Gasteiger charge is -2.05. The predicted octanol–water partition coefficient (Wildman–Crippen LogP) is 4.50. The first kappa shape index (κ1) is 14.3. The molecule has 2 aromatic carbocycles. The van der Waals surface area contributed by atoms with E-state index in [2.05, 4.69) is 15.9 Å². The van der Waals surface area contributed by atoms with Crippen molar-refractivity contribution in [2.24, 2.45) is 0 Å². The van der Waals surface area contributed by atoms with Crippen LogP contribution in [0.5, 0.6) is 0 Å². The number of Topliss-reactive ketones (excluding diaryl/α,β-unsaturated/α-hetero) is 1. The standard InChI is InChI=1S/C15H12BrClO2/c16-14-4-2-1-3-13(14)15(18)10-19-9-11-5-7-12(17)8-6-11/h1-8H,9-10H2. The van der Waals surface area contributed by atoms with Gasteiger partial charge in [0.2, 0.25) is 0 Å². The number of carbonyl (C=O) groups excluding carboxylic acids is 1. The summed E-state index contributed by atoms with van der Waals surface area (Å²) in [4.78, 5) is 11.9. The second kappa shape index (κ2) is 6.85. The van der Waals surface area contributed by atoms with Crippen molar-refractivity contribution in [3.8, 4) is 0 Å². The quantitative estimate of drug-likeness (QED) is 0.750. The van der Waals surface area contributed by atoms with Gasteiger partial charge in [-0.2, -0.15) is 0 Å². The van der Waals surface area contributed by atoms with Crippen molar-refractivity contribution in [1.29, 1.82) is 0 Å². The average Bonchev–Trinajstić information content (AvgIpc) is 2.41. The Labute approximate surface area is 125 Å². The third-order valence-electron chi connectivity index (χ3n) is 2.59. The van der Waals surface area contributed by atoms with Crippen LogP contribution in [-0.2, 0) is 11.3 Å². The monoisotopic (exact) mass is 338 g/mol. The minimum atomic E-state index is -0.0403. The largest absolute Gasteiger partial charge is 0.369 e. The van der Waals surface area contributed by atoms with Gasteiger partial charge in [-0.3, -0.25) is 4.79 Å². The Hall–Kier alpha value is -1.16. The van der Waals surface area contributed by atoms with E-state index in [9.17, 15) is 4.79 Å². The molecule has 0 fully saturated rings. The van der Waals surface area contributed by atoms with Crippen molar-refractivity contribution in [2.45, 2.75) is 6.61 Å².